The maximum atomic E-state index is 12.0. The van der Waals surface area contributed by atoms with Crippen LogP contribution < -0.4 is 16.4 Å². The maximum absolute atomic E-state index is 12.0. The molecule has 0 saturated heterocycles. The Morgan fingerprint density at radius 1 is 1.11 bits per heavy atom. The number of nitro benzene ring substituents is 1. The molecule has 0 unspecified atom stereocenters. The molecule has 0 fully saturated rings. The van der Waals surface area contributed by atoms with E-state index in [1.54, 1.807) is 36.4 Å². The SMILES string of the molecule is O=C(Cn1nc(-c2ccccc2)oc1=O)NCCNc1ccc([N+](=O)[O-])cc1. The molecule has 2 aromatic carbocycles. The Labute approximate surface area is 158 Å². The topological polar surface area (TPSA) is 132 Å². The summed E-state index contributed by atoms with van der Waals surface area (Å²) in [7, 11) is 0. The molecular weight excluding hydrogens is 366 g/mol. The first-order valence-electron chi connectivity index (χ1n) is 8.41. The number of amides is 1. The zero-order chi connectivity index (χ0) is 19.9. The van der Waals surface area contributed by atoms with E-state index in [2.05, 4.69) is 15.7 Å². The minimum Gasteiger partial charge on any atom is -0.388 e. The molecule has 0 atom stereocenters. The molecule has 10 nitrogen and oxygen atoms in total. The number of carbonyl (C=O) groups is 1. The van der Waals surface area contributed by atoms with Gasteiger partial charge in [0.05, 0.1) is 4.92 Å². The van der Waals surface area contributed by atoms with Crippen LogP contribution in [0.3, 0.4) is 0 Å². The van der Waals surface area contributed by atoms with Gasteiger partial charge in [-0.1, -0.05) is 18.2 Å². The molecule has 10 heteroatoms. The Hall–Kier alpha value is -3.95. The fourth-order valence-electron chi connectivity index (χ4n) is 2.41. The van der Waals surface area contributed by atoms with Crippen LogP contribution in [0.25, 0.3) is 11.5 Å². The fraction of sp³-hybridized carbons (Fsp3) is 0.167. The van der Waals surface area contributed by atoms with E-state index in [4.69, 9.17) is 4.42 Å². The molecule has 2 N–H and O–H groups in total. The molecule has 0 radical (unpaired) electrons. The summed E-state index contributed by atoms with van der Waals surface area (Å²) in [6.07, 6.45) is 0. The lowest BCUT2D eigenvalue weighted by atomic mass is 10.2. The highest BCUT2D eigenvalue weighted by Gasteiger charge is 2.12. The summed E-state index contributed by atoms with van der Waals surface area (Å²) in [5, 5.41) is 20.3. The number of benzene rings is 2. The first-order valence-corrected chi connectivity index (χ1v) is 8.41. The van der Waals surface area contributed by atoms with Crippen LogP contribution in [0.15, 0.2) is 63.8 Å². The van der Waals surface area contributed by atoms with Crippen molar-refractivity contribution in [1.29, 1.82) is 0 Å². The van der Waals surface area contributed by atoms with Crippen molar-refractivity contribution in [3.05, 3.63) is 75.3 Å². The molecule has 0 aliphatic heterocycles. The molecule has 1 heterocycles. The zero-order valence-electron chi connectivity index (χ0n) is 14.7. The highest BCUT2D eigenvalue weighted by molar-refractivity contribution is 5.75. The summed E-state index contributed by atoms with van der Waals surface area (Å²) in [4.78, 5) is 34.0. The number of hydrogen-bond acceptors (Lipinski definition) is 7. The van der Waals surface area contributed by atoms with Gasteiger partial charge in [0, 0.05) is 36.5 Å². The molecule has 0 aliphatic carbocycles. The number of non-ortho nitro benzene ring substituents is 1. The molecular formula is C18H17N5O5. The van der Waals surface area contributed by atoms with Gasteiger partial charge in [0.2, 0.25) is 11.8 Å². The van der Waals surface area contributed by atoms with E-state index in [0.717, 1.165) is 4.68 Å². The quantitative estimate of drug-likeness (QED) is 0.343. The van der Waals surface area contributed by atoms with Crippen LogP contribution >= 0.6 is 0 Å². The smallest absolute Gasteiger partial charge is 0.388 e. The van der Waals surface area contributed by atoms with Crippen LogP contribution in [0.1, 0.15) is 0 Å². The van der Waals surface area contributed by atoms with Crippen molar-refractivity contribution in [2.75, 3.05) is 18.4 Å². The number of nitrogens with zero attached hydrogens (tertiary/aromatic N) is 3. The number of rotatable bonds is 8. The molecule has 3 rings (SSSR count). The third-order valence-corrected chi connectivity index (χ3v) is 3.77. The van der Waals surface area contributed by atoms with Crippen LogP contribution in [0.5, 0.6) is 0 Å². The van der Waals surface area contributed by atoms with Gasteiger partial charge in [-0.2, -0.15) is 4.68 Å². The van der Waals surface area contributed by atoms with Crippen LogP contribution in [0.2, 0.25) is 0 Å². The second kappa shape index (κ2) is 8.62. The molecule has 1 aromatic heterocycles. The summed E-state index contributed by atoms with van der Waals surface area (Å²) in [6, 6.07) is 14.9. The van der Waals surface area contributed by atoms with Gasteiger partial charge in [0.25, 0.3) is 5.69 Å². The zero-order valence-corrected chi connectivity index (χ0v) is 14.7. The summed E-state index contributed by atoms with van der Waals surface area (Å²) >= 11 is 0. The predicted octanol–water partition coefficient (Wildman–Crippen LogP) is 1.64. The standard InChI is InChI=1S/C18H17N5O5/c24-16(20-11-10-19-14-6-8-15(9-7-14)23(26)27)12-22-18(25)28-17(21-22)13-4-2-1-3-5-13/h1-9,19H,10-12H2,(H,20,24). The Morgan fingerprint density at radius 3 is 2.50 bits per heavy atom. The van der Waals surface area contributed by atoms with Gasteiger partial charge in [-0.05, 0) is 24.3 Å². The van der Waals surface area contributed by atoms with Gasteiger partial charge in [-0.15, -0.1) is 5.10 Å². The Bertz CT molecular complexity index is 1010. The summed E-state index contributed by atoms with van der Waals surface area (Å²) in [5.41, 5.74) is 1.35. The third-order valence-electron chi connectivity index (χ3n) is 3.77. The molecule has 0 aliphatic rings. The van der Waals surface area contributed by atoms with E-state index >= 15 is 0 Å². The highest BCUT2D eigenvalue weighted by Crippen LogP contribution is 2.15. The number of aromatic nitrogens is 2. The summed E-state index contributed by atoms with van der Waals surface area (Å²) < 4.78 is 6.03. The van der Waals surface area contributed by atoms with Gasteiger partial charge in [-0.25, -0.2) is 4.79 Å². The van der Waals surface area contributed by atoms with Crippen molar-refractivity contribution >= 4 is 17.3 Å². The predicted molar refractivity (Wildman–Crippen MR) is 101 cm³/mol. The van der Waals surface area contributed by atoms with E-state index in [-0.39, 0.29) is 24.0 Å². The van der Waals surface area contributed by atoms with E-state index in [1.807, 2.05) is 6.07 Å². The van der Waals surface area contributed by atoms with Crippen LogP contribution in [-0.4, -0.2) is 33.7 Å². The minimum atomic E-state index is -0.710. The van der Waals surface area contributed by atoms with E-state index < -0.39 is 10.7 Å². The summed E-state index contributed by atoms with van der Waals surface area (Å²) in [5.74, 6) is -0.947. The molecule has 0 saturated carbocycles. The lowest BCUT2D eigenvalue weighted by Gasteiger charge is -2.07. The highest BCUT2D eigenvalue weighted by atomic mass is 16.6. The Balaban J connectivity index is 1.46. The first-order chi connectivity index (χ1) is 13.5. The molecule has 0 bridgehead atoms. The fourth-order valence-corrected chi connectivity index (χ4v) is 2.41. The average Bonchev–Trinajstić information content (AvgIpc) is 3.06. The van der Waals surface area contributed by atoms with Crippen LogP contribution in [0.4, 0.5) is 11.4 Å². The van der Waals surface area contributed by atoms with Crippen molar-refractivity contribution in [1.82, 2.24) is 15.1 Å². The number of anilines is 1. The van der Waals surface area contributed by atoms with Gasteiger partial charge >= 0.3 is 5.76 Å². The molecule has 3 aromatic rings. The number of hydrogen-bond donors (Lipinski definition) is 2. The lowest BCUT2D eigenvalue weighted by molar-refractivity contribution is -0.384. The number of nitro groups is 1. The Morgan fingerprint density at radius 2 is 1.82 bits per heavy atom. The van der Waals surface area contributed by atoms with Crippen LogP contribution in [0, 0.1) is 10.1 Å². The second-order valence-electron chi connectivity index (χ2n) is 5.78. The normalized spacial score (nSPS) is 10.4. The third kappa shape index (κ3) is 4.81. The Kier molecular flexibility index (Phi) is 5.80. The van der Waals surface area contributed by atoms with E-state index in [9.17, 15) is 19.7 Å². The van der Waals surface area contributed by atoms with Gasteiger partial charge in [0.1, 0.15) is 6.54 Å². The van der Waals surface area contributed by atoms with Crippen molar-refractivity contribution in [3.8, 4) is 11.5 Å². The number of carbonyl (C=O) groups excluding carboxylic acids is 1. The van der Waals surface area contributed by atoms with Crippen molar-refractivity contribution in [2.45, 2.75) is 6.54 Å². The summed E-state index contributed by atoms with van der Waals surface area (Å²) in [6.45, 7) is 0.452. The van der Waals surface area contributed by atoms with E-state index in [0.29, 0.717) is 24.3 Å². The lowest BCUT2D eigenvalue weighted by Crippen LogP contribution is -2.34. The maximum Gasteiger partial charge on any atom is 0.437 e. The van der Waals surface area contributed by atoms with Crippen molar-refractivity contribution in [3.63, 3.8) is 0 Å². The van der Waals surface area contributed by atoms with Gasteiger partial charge in [0.15, 0.2) is 0 Å². The largest absolute Gasteiger partial charge is 0.437 e. The molecule has 28 heavy (non-hydrogen) atoms. The van der Waals surface area contributed by atoms with Crippen LogP contribution in [-0.2, 0) is 11.3 Å². The van der Waals surface area contributed by atoms with Gasteiger partial charge < -0.3 is 15.1 Å². The molecule has 0 spiro atoms. The molecule has 1 amide bonds. The van der Waals surface area contributed by atoms with Gasteiger partial charge in [-0.3, -0.25) is 14.9 Å². The first kappa shape index (κ1) is 18.8. The van der Waals surface area contributed by atoms with Crippen molar-refractivity contribution in [2.24, 2.45) is 0 Å². The number of nitrogens with one attached hydrogen (secondary N) is 2. The average molecular weight is 383 g/mol. The molecule has 144 valence electrons. The minimum absolute atomic E-state index is 0.00628. The monoisotopic (exact) mass is 383 g/mol. The van der Waals surface area contributed by atoms with E-state index in [1.165, 1.54) is 12.1 Å². The van der Waals surface area contributed by atoms with Crippen molar-refractivity contribution < 1.29 is 14.1 Å². The second-order valence-corrected chi connectivity index (χ2v) is 5.78.